The van der Waals surface area contributed by atoms with Crippen molar-refractivity contribution in [2.75, 3.05) is 0 Å². The third-order valence-electron chi connectivity index (χ3n) is 1.63. The number of carbonyl (C=O) groups excluding carboxylic acids is 2. The first-order chi connectivity index (χ1) is 5.97. The fourth-order valence-corrected chi connectivity index (χ4v) is 0.971. The molecule has 0 aromatic rings. The van der Waals surface area contributed by atoms with Crippen LogP contribution in [0.1, 0.15) is 27.2 Å². The van der Waals surface area contributed by atoms with Gasteiger partial charge in [0.05, 0.1) is 12.1 Å². The largest absolute Gasteiger partial charge is 0.345 e. The number of nitrogens with two attached hydrogens (primary N) is 1. The van der Waals surface area contributed by atoms with E-state index in [1.165, 1.54) is 0 Å². The summed E-state index contributed by atoms with van der Waals surface area (Å²) in [6, 6.07) is -0.965. The Hall–Kier alpha value is -0.900. The maximum Gasteiger partial charge on any atom is 0.237 e. The summed E-state index contributed by atoms with van der Waals surface area (Å²) in [6.45, 7) is 5.58. The fraction of sp³-hybridized carbons (Fsp3) is 0.778. The Morgan fingerprint density at radius 2 is 2.00 bits per heavy atom. The topological polar surface area (TPSA) is 72.2 Å². The lowest BCUT2D eigenvalue weighted by Gasteiger charge is -2.15. The second kappa shape index (κ2) is 5.70. The third-order valence-corrected chi connectivity index (χ3v) is 1.63. The average molecular weight is 186 g/mol. The third kappa shape index (κ3) is 5.36. The van der Waals surface area contributed by atoms with Gasteiger partial charge in [0.1, 0.15) is 6.29 Å². The quantitative estimate of drug-likeness (QED) is 0.596. The van der Waals surface area contributed by atoms with Crippen molar-refractivity contribution in [3.8, 4) is 0 Å². The monoisotopic (exact) mass is 186 g/mol. The maximum atomic E-state index is 11.1. The summed E-state index contributed by atoms with van der Waals surface area (Å²) < 4.78 is 0. The number of nitrogens with one attached hydrogen (secondary N) is 1. The highest BCUT2D eigenvalue weighted by atomic mass is 16.2. The van der Waals surface area contributed by atoms with E-state index in [1.807, 2.05) is 13.8 Å². The van der Waals surface area contributed by atoms with Gasteiger partial charge in [-0.1, -0.05) is 13.8 Å². The lowest BCUT2D eigenvalue weighted by atomic mass is 10.0. The van der Waals surface area contributed by atoms with Gasteiger partial charge in [-0.25, -0.2) is 0 Å². The highest BCUT2D eigenvalue weighted by Crippen LogP contribution is 2.02. The van der Waals surface area contributed by atoms with E-state index in [1.54, 1.807) is 6.92 Å². The summed E-state index contributed by atoms with van der Waals surface area (Å²) in [6.07, 6.45) is 1.40. The van der Waals surface area contributed by atoms with E-state index in [-0.39, 0.29) is 5.91 Å². The molecule has 0 aromatic heterocycles. The molecule has 0 rings (SSSR count). The van der Waals surface area contributed by atoms with Gasteiger partial charge in [-0.3, -0.25) is 4.79 Å². The molecule has 2 atom stereocenters. The van der Waals surface area contributed by atoms with Crippen LogP contribution in [0.4, 0.5) is 0 Å². The minimum Gasteiger partial charge on any atom is -0.345 e. The Kier molecular flexibility index (Phi) is 5.30. The minimum atomic E-state index is -0.561. The minimum absolute atomic E-state index is 0.280. The molecule has 0 spiro atoms. The molecule has 0 saturated carbocycles. The fourth-order valence-electron chi connectivity index (χ4n) is 0.971. The molecule has 0 aliphatic rings. The lowest BCUT2D eigenvalue weighted by molar-refractivity contribution is -0.125. The molecule has 4 nitrogen and oxygen atoms in total. The van der Waals surface area contributed by atoms with Crippen LogP contribution in [-0.4, -0.2) is 24.3 Å². The van der Waals surface area contributed by atoms with Crippen molar-refractivity contribution >= 4 is 12.2 Å². The van der Waals surface area contributed by atoms with Crippen molar-refractivity contribution in [1.29, 1.82) is 0 Å². The van der Waals surface area contributed by atoms with Crippen LogP contribution < -0.4 is 11.1 Å². The SMILES string of the molecule is CC(C)C[C@@H](C=O)NC(=O)[C@H](C)N. The van der Waals surface area contributed by atoms with Gasteiger partial charge in [-0.15, -0.1) is 0 Å². The molecule has 76 valence electrons. The van der Waals surface area contributed by atoms with Crippen LogP contribution in [0.25, 0.3) is 0 Å². The summed E-state index contributed by atoms with van der Waals surface area (Å²) in [4.78, 5) is 21.6. The molecule has 4 heteroatoms. The van der Waals surface area contributed by atoms with Gasteiger partial charge in [0.15, 0.2) is 0 Å². The predicted octanol–water partition coefficient (Wildman–Crippen LogP) is 0.0634. The Morgan fingerprint density at radius 1 is 1.46 bits per heavy atom. The van der Waals surface area contributed by atoms with E-state index in [4.69, 9.17) is 5.73 Å². The standard InChI is InChI=1S/C9H18N2O2/c1-6(2)4-8(5-12)11-9(13)7(3)10/h5-8H,4,10H2,1-3H3,(H,11,13)/t7-,8-/m0/s1. The van der Waals surface area contributed by atoms with Gasteiger partial charge >= 0.3 is 0 Å². The van der Waals surface area contributed by atoms with E-state index in [2.05, 4.69) is 5.32 Å². The van der Waals surface area contributed by atoms with Crippen LogP contribution in [-0.2, 0) is 9.59 Å². The van der Waals surface area contributed by atoms with Gasteiger partial charge in [-0.05, 0) is 19.3 Å². The number of rotatable bonds is 5. The maximum absolute atomic E-state index is 11.1. The highest BCUT2D eigenvalue weighted by Gasteiger charge is 2.14. The van der Waals surface area contributed by atoms with E-state index < -0.39 is 12.1 Å². The zero-order valence-corrected chi connectivity index (χ0v) is 8.41. The van der Waals surface area contributed by atoms with Crippen LogP contribution in [0, 0.1) is 5.92 Å². The van der Waals surface area contributed by atoms with Gasteiger partial charge in [0.2, 0.25) is 5.91 Å². The van der Waals surface area contributed by atoms with Crippen molar-refractivity contribution in [2.24, 2.45) is 11.7 Å². The summed E-state index contributed by atoms with van der Waals surface area (Å²) >= 11 is 0. The van der Waals surface area contributed by atoms with Gasteiger partial charge in [-0.2, -0.15) is 0 Å². The number of aldehydes is 1. The molecule has 0 aliphatic heterocycles. The lowest BCUT2D eigenvalue weighted by Crippen LogP contribution is -2.45. The molecule has 0 bridgehead atoms. The van der Waals surface area contributed by atoms with Crippen molar-refractivity contribution in [2.45, 2.75) is 39.3 Å². The zero-order valence-electron chi connectivity index (χ0n) is 8.41. The molecular formula is C9H18N2O2. The van der Waals surface area contributed by atoms with Crippen LogP contribution in [0.15, 0.2) is 0 Å². The number of hydrogen-bond acceptors (Lipinski definition) is 3. The van der Waals surface area contributed by atoms with Gasteiger partial charge < -0.3 is 15.8 Å². The molecule has 0 fully saturated rings. The summed E-state index contributed by atoms with van der Waals surface area (Å²) in [5.74, 6) is 0.0985. The van der Waals surface area contributed by atoms with Crippen LogP contribution in [0.5, 0.6) is 0 Å². The second-order valence-corrected chi connectivity index (χ2v) is 3.67. The molecule has 0 unspecified atom stereocenters. The molecule has 0 aromatic carbocycles. The number of amides is 1. The molecule has 0 heterocycles. The highest BCUT2D eigenvalue weighted by molar-refractivity contribution is 5.83. The summed E-state index contributed by atoms with van der Waals surface area (Å²) in [7, 11) is 0. The van der Waals surface area contributed by atoms with Gasteiger partial charge in [0, 0.05) is 0 Å². The molecule has 0 saturated heterocycles. The predicted molar refractivity (Wildman–Crippen MR) is 51.1 cm³/mol. The van der Waals surface area contributed by atoms with E-state index in [0.29, 0.717) is 12.3 Å². The molecule has 0 aliphatic carbocycles. The van der Waals surface area contributed by atoms with Crippen molar-refractivity contribution in [3.63, 3.8) is 0 Å². The second-order valence-electron chi connectivity index (χ2n) is 3.67. The van der Waals surface area contributed by atoms with Gasteiger partial charge in [0.25, 0.3) is 0 Å². The van der Waals surface area contributed by atoms with E-state index in [9.17, 15) is 9.59 Å². The van der Waals surface area contributed by atoms with E-state index in [0.717, 1.165) is 6.29 Å². The van der Waals surface area contributed by atoms with Crippen LogP contribution in [0.2, 0.25) is 0 Å². The van der Waals surface area contributed by atoms with Crippen molar-refractivity contribution in [1.82, 2.24) is 5.32 Å². The van der Waals surface area contributed by atoms with Crippen molar-refractivity contribution < 1.29 is 9.59 Å². The zero-order chi connectivity index (χ0) is 10.4. The summed E-state index contributed by atoms with van der Waals surface area (Å²) in [5, 5.41) is 2.57. The van der Waals surface area contributed by atoms with Crippen molar-refractivity contribution in [3.05, 3.63) is 0 Å². The Morgan fingerprint density at radius 3 is 2.31 bits per heavy atom. The van der Waals surface area contributed by atoms with Crippen LogP contribution >= 0.6 is 0 Å². The normalized spacial score (nSPS) is 15.2. The molecule has 0 radical (unpaired) electrons. The molecular weight excluding hydrogens is 168 g/mol. The molecule has 13 heavy (non-hydrogen) atoms. The Balaban J connectivity index is 3.98. The molecule has 3 N–H and O–H groups in total. The Labute approximate surface area is 78.9 Å². The Bertz CT molecular complexity index is 178. The first-order valence-electron chi connectivity index (χ1n) is 4.48. The smallest absolute Gasteiger partial charge is 0.237 e. The van der Waals surface area contributed by atoms with Crippen LogP contribution in [0.3, 0.4) is 0 Å². The first kappa shape index (κ1) is 12.1. The first-order valence-corrected chi connectivity index (χ1v) is 4.48. The molecule has 1 amide bonds. The average Bonchev–Trinajstić information content (AvgIpc) is 2.02. The summed E-state index contributed by atoms with van der Waals surface area (Å²) in [5.41, 5.74) is 5.34. The number of carbonyl (C=O) groups is 2. The van der Waals surface area contributed by atoms with E-state index >= 15 is 0 Å². The number of hydrogen-bond donors (Lipinski definition) is 2.